The minimum Gasteiger partial charge on any atom is -0.476 e. The highest BCUT2D eigenvalue weighted by atomic mass is 32.5. The number of alkyl halides is 1. The molecule has 42 heavy (non-hydrogen) atoms. The van der Waals surface area contributed by atoms with Crippen LogP contribution in [0.25, 0.3) is 11.2 Å². The Morgan fingerprint density at radius 3 is 2.67 bits per heavy atom. The van der Waals surface area contributed by atoms with Crippen LogP contribution in [-0.2, 0) is 37.1 Å². The number of esters is 1. The van der Waals surface area contributed by atoms with Gasteiger partial charge in [-0.1, -0.05) is 18.2 Å². The molecular weight excluding hydrogens is 594 g/mol. The molecule has 14 nitrogen and oxygen atoms in total. The Hall–Kier alpha value is -2.98. The zero-order chi connectivity index (χ0) is 30.7. The highest BCUT2D eigenvalue weighted by molar-refractivity contribution is 8.09. The van der Waals surface area contributed by atoms with E-state index >= 15 is 4.39 Å². The highest BCUT2D eigenvalue weighted by Gasteiger charge is 2.56. The number of rotatable bonds is 13. The van der Waals surface area contributed by atoms with E-state index in [9.17, 15) is 15.0 Å². The lowest BCUT2D eigenvalue weighted by Crippen LogP contribution is -2.44. The molecule has 0 radical (unpaired) electrons. The van der Waals surface area contributed by atoms with E-state index in [2.05, 4.69) is 20.0 Å². The number of benzene rings is 1. The standard InChI is InChI=1S/C25H34FN6O8PS/c1-5-36-22-18-21(29-24(27)30-22)32(13-28-18)11-17-19(33)20(34)25(26,39-17)12-37-41(42,40-16-9-7-6-8-10-16)31-15(4)23(35)38-14(2)3/h6-10,13-15,17,19-20,33-34H,5,11-12H2,1-4H3,(H,31,42)(H2,27,29,30)/t15-,17+,19+,20+,25-,41-/m1/s1. The average Bonchev–Trinajstić information content (AvgIpc) is 3.42. The summed E-state index contributed by atoms with van der Waals surface area (Å²) in [7, 11) is 0. The number of hydrogen-bond acceptors (Lipinski definition) is 13. The number of ether oxygens (including phenoxy) is 3. The predicted octanol–water partition coefficient (Wildman–Crippen LogP) is 1.84. The Labute approximate surface area is 246 Å². The fourth-order valence-corrected chi connectivity index (χ4v) is 6.52. The number of carbonyl (C=O) groups is 1. The Morgan fingerprint density at radius 1 is 1.29 bits per heavy atom. The number of aliphatic hydroxyl groups excluding tert-OH is 2. The fourth-order valence-electron chi connectivity index (χ4n) is 4.12. The summed E-state index contributed by atoms with van der Waals surface area (Å²) >= 11 is 5.60. The van der Waals surface area contributed by atoms with Crippen molar-refractivity contribution < 1.29 is 42.7 Å². The summed E-state index contributed by atoms with van der Waals surface area (Å²) in [6, 6.07) is 7.40. The van der Waals surface area contributed by atoms with Gasteiger partial charge in [-0.2, -0.15) is 9.97 Å². The van der Waals surface area contributed by atoms with Gasteiger partial charge in [0.05, 0.1) is 25.6 Å². The lowest BCUT2D eigenvalue weighted by Gasteiger charge is -2.30. The lowest BCUT2D eigenvalue weighted by molar-refractivity contribution is -0.192. The summed E-state index contributed by atoms with van der Waals surface area (Å²) in [5.41, 5.74) is 6.38. The summed E-state index contributed by atoms with van der Waals surface area (Å²) < 4.78 is 45.3. The molecule has 3 heterocycles. The first kappa shape index (κ1) is 31.9. The van der Waals surface area contributed by atoms with E-state index in [0.29, 0.717) is 17.9 Å². The number of nitrogen functional groups attached to an aromatic ring is 1. The largest absolute Gasteiger partial charge is 0.476 e. The number of carbonyl (C=O) groups excluding carboxylic acids is 1. The van der Waals surface area contributed by atoms with Gasteiger partial charge in [0.2, 0.25) is 11.8 Å². The Bertz CT molecular complexity index is 1430. The van der Waals surface area contributed by atoms with Crippen molar-refractivity contribution in [1.82, 2.24) is 24.6 Å². The number of anilines is 1. The molecule has 4 rings (SSSR count). The summed E-state index contributed by atoms with van der Waals surface area (Å²) in [5, 5.41) is 24.2. The maximum Gasteiger partial charge on any atom is 0.323 e. The van der Waals surface area contributed by atoms with E-state index in [0.717, 1.165) is 0 Å². The number of aliphatic hydroxyl groups is 2. The molecule has 6 atom stereocenters. The summed E-state index contributed by atoms with van der Waals surface area (Å²) in [5.74, 6) is -3.11. The Balaban J connectivity index is 1.51. The van der Waals surface area contributed by atoms with Crippen molar-refractivity contribution in [3.63, 3.8) is 0 Å². The minimum absolute atomic E-state index is 0.0722. The molecule has 0 saturated carbocycles. The van der Waals surface area contributed by atoms with Crippen molar-refractivity contribution in [3.05, 3.63) is 36.7 Å². The molecule has 230 valence electrons. The summed E-state index contributed by atoms with van der Waals surface area (Å²) in [6.07, 6.45) is -3.93. The molecule has 0 aliphatic carbocycles. The van der Waals surface area contributed by atoms with Crippen LogP contribution in [0.2, 0.25) is 0 Å². The first-order chi connectivity index (χ1) is 19.8. The first-order valence-corrected chi connectivity index (χ1v) is 15.8. The number of nitrogens with one attached hydrogen (secondary N) is 1. The van der Waals surface area contributed by atoms with Gasteiger partial charge in [-0.05, 0) is 51.6 Å². The Kier molecular flexibility index (Phi) is 9.98. The number of imidazole rings is 1. The van der Waals surface area contributed by atoms with E-state index in [1.807, 2.05) is 0 Å². The van der Waals surface area contributed by atoms with Crippen LogP contribution in [-0.4, -0.2) is 85.2 Å². The second kappa shape index (κ2) is 13.1. The number of halogens is 1. The smallest absolute Gasteiger partial charge is 0.323 e. The summed E-state index contributed by atoms with van der Waals surface area (Å²) in [6.45, 7) is 2.22. The molecule has 1 aromatic carbocycles. The number of nitrogens with two attached hydrogens (primary N) is 1. The molecule has 0 unspecified atom stereocenters. The van der Waals surface area contributed by atoms with Crippen LogP contribution in [0.3, 0.4) is 0 Å². The first-order valence-electron chi connectivity index (χ1n) is 13.2. The van der Waals surface area contributed by atoms with Gasteiger partial charge in [0.1, 0.15) is 36.7 Å². The van der Waals surface area contributed by atoms with Gasteiger partial charge < -0.3 is 43.8 Å². The number of fused-ring (bicyclic) bond motifs is 1. The SMILES string of the molecule is CCOc1nc(N)nc2c1ncn2C[C@@H]1O[C@](F)(CO[P@](=S)(N[C@H](C)C(=O)OC(C)C)Oc2ccccc2)[C@@H](O)[C@H]1O. The maximum atomic E-state index is 16.1. The van der Waals surface area contributed by atoms with E-state index in [1.165, 1.54) is 17.8 Å². The molecule has 2 aromatic heterocycles. The number of aromatic nitrogens is 4. The third-order valence-electron chi connectivity index (χ3n) is 6.06. The molecule has 0 amide bonds. The topological polar surface area (TPSA) is 185 Å². The quantitative estimate of drug-likeness (QED) is 0.159. The van der Waals surface area contributed by atoms with E-state index in [-0.39, 0.29) is 30.1 Å². The number of para-hydroxylation sites is 1. The fraction of sp³-hybridized carbons (Fsp3) is 0.520. The number of hydrogen-bond donors (Lipinski definition) is 4. The van der Waals surface area contributed by atoms with Crippen LogP contribution in [0.5, 0.6) is 11.6 Å². The normalized spacial score (nSPS) is 24.4. The van der Waals surface area contributed by atoms with Crippen LogP contribution in [0, 0.1) is 0 Å². The van der Waals surface area contributed by atoms with Crippen LogP contribution < -0.4 is 20.1 Å². The predicted molar refractivity (Wildman–Crippen MR) is 153 cm³/mol. The van der Waals surface area contributed by atoms with E-state index in [4.69, 9.17) is 40.8 Å². The Morgan fingerprint density at radius 2 is 2.00 bits per heavy atom. The molecule has 1 aliphatic heterocycles. The van der Waals surface area contributed by atoms with Gasteiger partial charge in [-0.25, -0.2) is 14.5 Å². The molecule has 1 saturated heterocycles. The second-order valence-corrected chi connectivity index (χ2v) is 12.9. The zero-order valence-electron chi connectivity index (χ0n) is 23.4. The molecule has 3 aromatic rings. The maximum absolute atomic E-state index is 16.1. The van der Waals surface area contributed by atoms with Gasteiger partial charge >= 0.3 is 12.6 Å². The molecule has 1 fully saturated rings. The van der Waals surface area contributed by atoms with Gasteiger partial charge in [0.25, 0.3) is 5.85 Å². The lowest BCUT2D eigenvalue weighted by atomic mass is 10.1. The second-order valence-electron chi connectivity index (χ2n) is 9.78. The van der Waals surface area contributed by atoms with Crippen LogP contribution in [0.4, 0.5) is 10.3 Å². The molecule has 0 spiro atoms. The van der Waals surface area contributed by atoms with Gasteiger partial charge in [0, 0.05) is 0 Å². The summed E-state index contributed by atoms with van der Waals surface area (Å²) in [4.78, 5) is 24.9. The van der Waals surface area contributed by atoms with Crippen molar-refractivity contribution in [2.75, 3.05) is 18.9 Å². The van der Waals surface area contributed by atoms with Gasteiger partial charge in [0.15, 0.2) is 11.2 Å². The number of nitrogens with zero attached hydrogens (tertiary/aromatic N) is 4. The van der Waals surface area contributed by atoms with Crippen LogP contribution in [0.1, 0.15) is 27.7 Å². The van der Waals surface area contributed by atoms with E-state index < -0.39 is 49.4 Å². The van der Waals surface area contributed by atoms with Gasteiger partial charge in [-0.15, -0.1) is 0 Å². The monoisotopic (exact) mass is 628 g/mol. The van der Waals surface area contributed by atoms with Crippen LogP contribution >= 0.6 is 6.64 Å². The van der Waals surface area contributed by atoms with Crippen molar-refractivity contribution >= 4 is 41.5 Å². The average molecular weight is 629 g/mol. The zero-order valence-corrected chi connectivity index (χ0v) is 25.1. The van der Waals surface area contributed by atoms with Gasteiger partial charge in [-0.3, -0.25) is 4.79 Å². The van der Waals surface area contributed by atoms with Crippen molar-refractivity contribution in [1.29, 1.82) is 0 Å². The van der Waals surface area contributed by atoms with E-state index in [1.54, 1.807) is 51.1 Å². The molecule has 1 aliphatic rings. The molecular formula is C25H34FN6O8PS. The third-order valence-corrected chi connectivity index (χ3v) is 8.54. The van der Waals surface area contributed by atoms with Crippen molar-refractivity contribution in [2.45, 2.75) is 70.6 Å². The molecule has 0 bridgehead atoms. The highest BCUT2D eigenvalue weighted by Crippen LogP contribution is 2.47. The molecule has 17 heteroatoms. The minimum atomic E-state index is -3.65. The third kappa shape index (κ3) is 7.32. The van der Waals surface area contributed by atoms with Crippen molar-refractivity contribution in [2.24, 2.45) is 0 Å². The molecule has 5 N–H and O–H groups in total. The van der Waals surface area contributed by atoms with Crippen LogP contribution in [0.15, 0.2) is 36.7 Å². The van der Waals surface area contributed by atoms with Crippen molar-refractivity contribution in [3.8, 4) is 11.6 Å².